The average Bonchev–Trinajstić information content (AvgIpc) is 2.94. The molecule has 2 aromatic rings. The molecule has 0 radical (unpaired) electrons. The van der Waals surface area contributed by atoms with Gasteiger partial charge in [0.2, 0.25) is 0 Å². The maximum absolute atomic E-state index is 12.2. The van der Waals surface area contributed by atoms with Crippen LogP contribution in [0, 0.1) is 0 Å². The van der Waals surface area contributed by atoms with E-state index in [0.717, 1.165) is 12.8 Å². The van der Waals surface area contributed by atoms with Crippen molar-refractivity contribution in [2.75, 3.05) is 12.4 Å². The molecule has 3 rings (SSSR count). The average molecular weight is 300 g/mol. The number of benzene rings is 1. The molecule has 1 amide bonds. The monoisotopic (exact) mass is 300 g/mol. The van der Waals surface area contributed by atoms with Crippen LogP contribution in [0.25, 0.3) is 0 Å². The van der Waals surface area contributed by atoms with Gasteiger partial charge in [-0.25, -0.2) is 9.78 Å². The van der Waals surface area contributed by atoms with E-state index < -0.39 is 11.9 Å². The van der Waals surface area contributed by atoms with Gasteiger partial charge in [0.05, 0.1) is 18.4 Å². The lowest BCUT2D eigenvalue weighted by Crippen LogP contribution is -2.16. The van der Waals surface area contributed by atoms with Gasteiger partial charge in [-0.15, -0.1) is 0 Å². The zero-order chi connectivity index (χ0) is 15.5. The van der Waals surface area contributed by atoms with Crippen LogP contribution in [0.2, 0.25) is 0 Å². The SMILES string of the molecule is COC(=O)c1ccccc1NC(=O)c1coc(C2CCC2)n1. The summed E-state index contributed by atoms with van der Waals surface area (Å²) in [5.74, 6) is 0.0124. The van der Waals surface area contributed by atoms with Crippen LogP contribution in [0.5, 0.6) is 0 Å². The summed E-state index contributed by atoms with van der Waals surface area (Å²) in [5.41, 5.74) is 0.884. The summed E-state index contributed by atoms with van der Waals surface area (Å²) < 4.78 is 10.1. The summed E-state index contributed by atoms with van der Waals surface area (Å²) in [4.78, 5) is 28.1. The summed E-state index contributed by atoms with van der Waals surface area (Å²) in [6.45, 7) is 0. The van der Waals surface area contributed by atoms with Gasteiger partial charge in [-0.05, 0) is 25.0 Å². The fraction of sp³-hybridized carbons (Fsp3) is 0.312. The summed E-state index contributed by atoms with van der Waals surface area (Å²) >= 11 is 0. The highest BCUT2D eigenvalue weighted by Gasteiger charge is 2.25. The molecule has 6 nitrogen and oxygen atoms in total. The van der Waals surface area contributed by atoms with Crippen molar-refractivity contribution in [3.05, 3.63) is 47.7 Å². The van der Waals surface area contributed by atoms with Gasteiger partial charge in [-0.2, -0.15) is 0 Å². The number of carbonyl (C=O) groups is 2. The van der Waals surface area contributed by atoms with Crippen molar-refractivity contribution in [2.24, 2.45) is 0 Å². The summed E-state index contributed by atoms with van der Waals surface area (Å²) in [5, 5.41) is 2.67. The number of anilines is 1. The summed E-state index contributed by atoms with van der Waals surface area (Å²) in [6, 6.07) is 6.65. The third kappa shape index (κ3) is 2.72. The zero-order valence-corrected chi connectivity index (χ0v) is 12.2. The topological polar surface area (TPSA) is 81.4 Å². The Morgan fingerprint density at radius 3 is 2.77 bits per heavy atom. The molecule has 1 heterocycles. The van der Waals surface area contributed by atoms with Crippen LogP contribution in [0.3, 0.4) is 0 Å². The van der Waals surface area contributed by atoms with Crippen molar-refractivity contribution in [1.29, 1.82) is 0 Å². The molecule has 0 bridgehead atoms. The van der Waals surface area contributed by atoms with Crippen molar-refractivity contribution >= 4 is 17.6 Å². The Balaban J connectivity index is 1.76. The van der Waals surface area contributed by atoms with Gasteiger partial charge in [0, 0.05) is 5.92 Å². The Kier molecular flexibility index (Phi) is 3.91. The molecule has 0 unspecified atom stereocenters. The molecule has 22 heavy (non-hydrogen) atoms. The number of amides is 1. The van der Waals surface area contributed by atoms with E-state index in [4.69, 9.17) is 9.15 Å². The normalized spacial score (nSPS) is 14.2. The number of methoxy groups -OCH3 is 1. The van der Waals surface area contributed by atoms with Gasteiger partial charge in [-0.1, -0.05) is 18.6 Å². The first-order valence-electron chi connectivity index (χ1n) is 7.13. The summed E-state index contributed by atoms with van der Waals surface area (Å²) in [7, 11) is 1.30. The highest BCUT2D eigenvalue weighted by Crippen LogP contribution is 2.35. The van der Waals surface area contributed by atoms with E-state index in [9.17, 15) is 9.59 Å². The Labute approximate surface area is 127 Å². The van der Waals surface area contributed by atoms with Gasteiger partial charge < -0.3 is 14.5 Å². The minimum Gasteiger partial charge on any atom is -0.465 e. The number of carbonyl (C=O) groups excluding carboxylic acids is 2. The van der Waals surface area contributed by atoms with Crippen molar-refractivity contribution in [2.45, 2.75) is 25.2 Å². The lowest BCUT2D eigenvalue weighted by molar-refractivity contribution is 0.0602. The van der Waals surface area contributed by atoms with E-state index in [1.54, 1.807) is 24.3 Å². The number of rotatable bonds is 4. The smallest absolute Gasteiger partial charge is 0.339 e. The van der Waals surface area contributed by atoms with E-state index in [0.29, 0.717) is 23.1 Å². The Morgan fingerprint density at radius 1 is 1.32 bits per heavy atom. The van der Waals surface area contributed by atoms with E-state index in [-0.39, 0.29) is 5.69 Å². The minimum atomic E-state index is -0.508. The van der Waals surface area contributed by atoms with Crippen LogP contribution < -0.4 is 5.32 Å². The third-order valence-corrected chi connectivity index (χ3v) is 3.79. The first kappa shape index (κ1) is 14.3. The fourth-order valence-electron chi connectivity index (χ4n) is 2.30. The molecule has 1 saturated carbocycles. The minimum absolute atomic E-state index is 0.210. The Bertz CT molecular complexity index is 704. The first-order chi connectivity index (χ1) is 10.7. The molecule has 0 saturated heterocycles. The third-order valence-electron chi connectivity index (χ3n) is 3.79. The van der Waals surface area contributed by atoms with Gasteiger partial charge in [0.15, 0.2) is 11.6 Å². The number of esters is 1. The summed E-state index contributed by atoms with van der Waals surface area (Å²) in [6.07, 6.45) is 4.62. The van der Waals surface area contributed by atoms with Gasteiger partial charge in [0.1, 0.15) is 6.26 Å². The highest BCUT2D eigenvalue weighted by atomic mass is 16.5. The van der Waals surface area contributed by atoms with Crippen molar-refractivity contribution in [3.8, 4) is 0 Å². The maximum atomic E-state index is 12.2. The van der Waals surface area contributed by atoms with Crippen LogP contribution in [0.15, 0.2) is 34.9 Å². The molecule has 6 heteroatoms. The van der Waals surface area contributed by atoms with Crippen molar-refractivity contribution < 1.29 is 18.7 Å². The number of hydrogen-bond acceptors (Lipinski definition) is 5. The van der Waals surface area contributed by atoms with Gasteiger partial charge in [-0.3, -0.25) is 4.79 Å². The molecule has 1 aromatic heterocycles. The largest absolute Gasteiger partial charge is 0.465 e. The van der Waals surface area contributed by atoms with Crippen LogP contribution in [-0.4, -0.2) is 24.0 Å². The molecule has 0 aliphatic heterocycles. The second-order valence-electron chi connectivity index (χ2n) is 5.19. The molecule has 0 spiro atoms. The predicted molar refractivity (Wildman–Crippen MR) is 78.8 cm³/mol. The molecule has 1 fully saturated rings. The van der Waals surface area contributed by atoms with Gasteiger partial charge >= 0.3 is 5.97 Å². The van der Waals surface area contributed by atoms with Crippen LogP contribution >= 0.6 is 0 Å². The van der Waals surface area contributed by atoms with E-state index >= 15 is 0 Å². The fourth-order valence-corrected chi connectivity index (χ4v) is 2.30. The van der Waals surface area contributed by atoms with Crippen molar-refractivity contribution in [1.82, 2.24) is 4.98 Å². The molecular formula is C16H16N2O4. The number of ether oxygens (including phenoxy) is 1. The van der Waals surface area contributed by atoms with Crippen molar-refractivity contribution in [3.63, 3.8) is 0 Å². The molecule has 1 aliphatic rings. The number of aromatic nitrogens is 1. The number of oxazole rings is 1. The quantitative estimate of drug-likeness (QED) is 0.878. The zero-order valence-electron chi connectivity index (χ0n) is 12.2. The predicted octanol–water partition coefficient (Wildman–Crippen LogP) is 2.98. The second kappa shape index (κ2) is 6.01. The molecule has 1 aliphatic carbocycles. The molecule has 1 aromatic carbocycles. The van der Waals surface area contributed by atoms with Crippen LogP contribution in [-0.2, 0) is 4.74 Å². The Hall–Kier alpha value is -2.63. The van der Waals surface area contributed by atoms with E-state index in [2.05, 4.69) is 10.3 Å². The number of hydrogen-bond donors (Lipinski definition) is 1. The van der Waals surface area contributed by atoms with Crippen LogP contribution in [0.1, 0.15) is 51.9 Å². The number of nitrogens with one attached hydrogen (secondary N) is 1. The molecule has 0 atom stereocenters. The van der Waals surface area contributed by atoms with E-state index in [1.165, 1.54) is 19.8 Å². The molecule has 114 valence electrons. The Morgan fingerprint density at radius 2 is 2.09 bits per heavy atom. The highest BCUT2D eigenvalue weighted by molar-refractivity contribution is 6.06. The van der Waals surface area contributed by atoms with Gasteiger partial charge in [0.25, 0.3) is 5.91 Å². The molecular weight excluding hydrogens is 284 g/mol. The number of nitrogens with zero attached hydrogens (tertiary/aromatic N) is 1. The first-order valence-corrected chi connectivity index (χ1v) is 7.13. The lowest BCUT2D eigenvalue weighted by Gasteiger charge is -2.21. The standard InChI is InChI=1S/C16H16N2O4/c1-21-16(20)11-7-2-3-8-12(11)17-14(19)13-9-22-15(18-13)10-5-4-6-10/h2-3,7-10H,4-6H2,1H3,(H,17,19). The maximum Gasteiger partial charge on any atom is 0.339 e. The number of para-hydroxylation sites is 1. The second-order valence-corrected chi connectivity index (χ2v) is 5.19. The molecule has 1 N–H and O–H groups in total. The van der Waals surface area contributed by atoms with E-state index in [1.807, 2.05) is 0 Å². The lowest BCUT2D eigenvalue weighted by atomic mass is 9.85. The van der Waals surface area contributed by atoms with Crippen LogP contribution in [0.4, 0.5) is 5.69 Å².